The average Bonchev–Trinajstić information content (AvgIpc) is 2.89. The van der Waals surface area contributed by atoms with Gasteiger partial charge in [0.2, 0.25) is 11.9 Å². The van der Waals surface area contributed by atoms with Crippen molar-refractivity contribution >= 4 is 35.3 Å². The minimum atomic E-state index is -0.395. The van der Waals surface area contributed by atoms with Gasteiger partial charge in [0.05, 0.1) is 12.9 Å². The zero-order chi connectivity index (χ0) is 18.6. The van der Waals surface area contributed by atoms with E-state index >= 15 is 0 Å². The third kappa shape index (κ3) is 4.72. The Morgan fingerprint density at radius 3 is 2.48 bits per heavy atom. The number of carbonyl (C=O) groups is 2. The Kier molecular flexibility index (Phi) is 6.02. The molecule has 0 fully saturated rings. The van der Waals surface area contributed by atoms with Crippen molar-refractivity contribution in [2.45, 2.75) is 32.5 Å². The van der Waals surface area contributed by atoms with E-state index < -0.39 is 5.97 Å². The molecule has 1 aromatic heterocycles. The standard InChI is InChI=1S/C16H21N5O3S/c1-9-5-10(2)14(11(3)6-9)18-12(22)7-21-15(17)19-20-16(21)25-8-13(23)24-4/h5-6H,7-8H2,1-4H3,(H2,17,19)(H,18,22). The fourth-order valence-corrected chi connectivity index (χ4v) is 3.21. The van der Waals surface area contributed by atoms with E-state index in [2.05, 4.69) is 20.3 Å². The van der Waals surface area contributed by atoms with Crippen molar-refractivity contribution in [3.05, 3.63) is 28.8 Å². The Labute approximate surface area is 150 Å². The highest BCUT2D eigenvalue weighted by Gasteiger charge is 2.16. The van der Waals surface area contributed by atoms with Gasteiger partial charge in [0.25, 0.3) is 0 Å². The van der Waals surface area contributed by atoms with Crippen molar-refractivity contribution in [1.29, 1.82) is 0 Å². The van der Waals surface area contributed by atoms with Gasteiger partial charge in [0, 0.05) is 5.69 Å². The molecule has 2 rings (SSSR count). The normalized spacial score (nSPS) is 10.6. The summed E-state index contributed by atoms with van der Waals surface area (Å²) in [6, 6.07) is 4.01. The van der Waals surface area contributed by atoms with Crippen LogP contribution in [-0.4, -0.2) is 39.5 Å². The third-order valence-corrected chi connectivity index (χ3v) is 4.48. The molecule has 0 saturated carbocycles. The Hall–Kier alpha value is -2.55. The topological polar surface area (TPSA) is 112 Å². The third-order valence-electron chi connectivity index (χ3n) is 3.54. The molecule has 0 atom stereocenters. The first-order valence-corrected chi connectivity index (χ1v) is 8.56. The number of anilines is 2. The monoisotopic (exact) mass is 363 g/mol. The van der Waals surface area contributed by atoms with E-state index in [1.807, 2.05) is 32.9 Å². The van der Waals surface area contributed by atoms with Crippen molar-refractivity contribution in [2.75, 3.05) is 23.9 Å². The molecule has 0 spiro atoms. The van der Waals surface area contributed by atoms with E-state index in [0.29, 0.717) is 5.16 Å². The molecule has 1 amide bonds. The number of rotatable bonds is 6. The summed E-state index contributed by atoms with van der Waals surface area (Å²) >= 11 is 1.11. The number of nitrogens with zero attached hydrogens (tertiary/aromatic N) is 3. The number of esters is 1. The molecule has 25 heavy (non-hydrogen) atoms. The second kappa shape index (κ2) is 8.02. The summed E-state index contributed by atoms with van der Waals surface area (Å²) < 4.78 is 6.05. The molecule has 0 unspecified atom stereocenters. The van der Waals surface area contributed by atoms with Gasteiger partial charge in [-0.3, -0.25) is 14.2 Å². The minimum Gasteiger partial charge on any atom is -0.468 e. The van der Waals surface area contributed by atoms with Crippen LogP contribution in [0.2, 0.25) is 0 Å². The summed E-state index contributed by atoms with van der Waals surface area (Å²) in [6.07, 6.45) is 0. The molecule has 0 aliphatic carbocycles. The van der Waals surface area contributed by atoms with Crippen LogP contribution in [0.4, 0.5) is 11.6 Å². The van der Waals surface area contributed by atoms with Crippen LogP contribution in [0, 0.1) is 20.8 Å². The molecule has 134 valence electrons. The Morgan fingerprint density at radius 2 is 1.88 bits per heavy atom. The molecular formula is C16H21N5O3S. The molecule has 2 aromatic rings. The van der Waals surface area contributed by atoms with Gasteiger partial charge in [-0.05, 0) is 31.9 Å². The number of hydrogen-bond acceptors (Lipinski definition) is 7. The first-order chi connectivity index (χ1) is 11.8. The number of nitrogens with two attached hydrogens (primary N) is 1. The number of thioether (sulfide) groups is 1. The summed E-state index contributed by atoms with van der Waals surface area (Å²) in [6.45, 7) is 5.85. The zero-order valence-corrected chi connectivity index (χ0v) is 15.4. The number of aryl methyl sites for hydroxylation is 3. The second-order valence-electron chi connectivity index (χ2n) is 5.61. The smallest absolute Gasteiger partial charge is 0.316 e. The average molecular weight is 363 g/mol. The lowest BCUT2D eigenvalue weighted by Crippen LogP contribution is -2.21. The van der Waals surface area contributed by atoms with Gasteiger partial charge in [-0.1, -0.05) is 29.5 Å². The highest BCUT2D eigenvalue weighted by atomic mass is 32.2. The zero-order valence-electron chi connectivity index (χ0n) is 14.6. The summed E-state index contributed by atoms with van der Waals surface area (Å²) in [5.74, 6) is -0.471. The molecule has 1 heterocycles. The number of benzene rings is 1. The summed E-state index contributed by atoms with van der Waals surface area (Å²) in [5.41, 5.74) is 9.68. The van der Waals surface area contributed by atoms with E-state index in [-0.39, 0.29) is 24.2 Å². The van der Waals surface area contributed by atoms with Crippen LogP contribution in [0.15, 0.2) is 17.3 Å². The van der Waals surface area contributed by atoms with Crippen molar-refractivity contribution in [2.24, 2.45) is 0 Å². The summed E-state index contributed by atoms with van der Waals surface area (Å²) in [5, 5.41) is 10.9. The lowest BCUT2D eigenvalue weighted by atomic mass is 10.1. The van der Waals surface area contributed by atoms with Crippen LogP contribution in [0.5, 0.6) is 0 Å². The number of methoxy groups -OCH3 is 1. The first-order valence-electron chi connectivity index (χ1n) is 7.57. The molecule has 1 aromatic carbocycles. The minimum absolute atomic E-state index is 0.0465. The SMILES string of the molecule is COC(=O)CSc1nnc(N)n1CC(=O)Nc1c(C)cc(C)cc1C. The largest absolute Gasteiger partial charge is 0.468 e. The maximum Gasteiger partial charge on any atom is 0.316 e. The first kappa shape index (κ1) is 18.8. The quantitative estimate of drug-likeness (QED) is 0.593. The van der Waals surface area contributed by atoms with Gasteiger partial charge < -0.3 is 15.8 Å². The van der Waals surface area contributed by atoms with Crippen molar-refractivity contribution < 1.29 is 14.3 Å². The van der Waals surface area contributed by atoms with Gasteiger partial charge in [0.1, 0.15) is 6.54 Å². The predicted octanol–water partition coefficient (Wildman–Crippen LogP) is 1.69. The van der Waals surface area contributed by atoms with E-state index in [0.717, 1.165) is 34.1 Å². The van der Waals surface area contributed by atoms with Crippen LogP contribution in [0.3, 0.4) is 0 Å². The lowest BCUT2D eigenvalue weighted by Gasteiger charge is -2.14. The predicted molar refractivity (Wildman–Crippen MR) is 96.5 cm³/mol. The molecule has 8 nitrogen and oxygen atoms in total. The molecule has 0 saturated heterocycles. The fraction of sp³-hybridized carbons (Fsp3) is 0.375. The molecular weight excluding hydrogens is 342 g/mol. The second-order valence-corrected chi connectivity index (χ2v) is 6.56. The van der Waals surface area contributed by atoms with Crippen LogP contribution < -0.4 is 11.1 Å². The maximum atomic E-state index is 12.4. The number of carbonyl (C=O) groups excluding carboxylic acids is 2. The van der Waals surface area contributed by atoms with Crippen LogP contribution >= 0.6 is 11.8 Å². The highest BCUT2D eigenvalue weighted by molar-refractivity contribution is 7.99. The fourth-order valence-electron chi connectivity index (χ4n) is 2.44. The number of hydrogen-bond donors (Lipinski definition) is 2. The van der Waals surface area contributed by atoms with E-state index in [1.54, 1.807) is 0 Å². The van der Waals surface area contributed by atoms with Gasteiger partial charge in [-0.15, -0.1) is 10.2 Å². The number of amides is 1. The van der Waals surface area contributed by atoms with Gasteiger partial charge >= 0.3 is 5.97 Å². The van der Waals surface area contributed by atoms with Gasteiger partial charge in [-0.2, -0.15) is 0 Å². The van der Waals surface area contributed by atoms with Crippen LogP contribution in [0.1, 0.15) is 16.7 Å². The molecule has 3 N–H and O–H groups in total. The van der Waals surface area contributed by atoms with Crippen molar-refractivity contribution in [3.8, 4) is 0 Å². The van der Waals surface area contributed by atoms with Crippen LogP contribution in [-0.2, 0) is 20.9 Å². The Balaban J connectivity index is 2.11. The molecule has 0 aliphatic rings. The number of nitrogen functional groups attached to an aromatic ring is 1. The highest BCUT2D eigenvalue weighted by Crippen LogP contribution is 2.23. The van der Waals surface area contributed by atoms with E-state index in [4.69, 9.17) is 5.73 Å². The van der Waals surface area contributed by atoms with Gasteiger partial charge in [0.15, 0.2) is 5.16 Å². The van der Waals surface area contributed by atoms with Crippen LogP contribution in [0.25, 0.3) is 0 Å². The number of ether oxygens (including phenoxy) is 1. The van der Waals surface area contributed by atoms with Gasteiger partial charge in [-0.25, -0.2) is 0 Å². The Morgan fingerprint density at radius 1 is 1.24 bits per heavy atom. The lowest BCUT2D eigenvalue weighted by molar-refractivity contribution is -0.137. The van der Waals surface area contributed by atoms with E-state index in [9.17, 15) is 9.59 Å². The molecule has 0 bridgehead atoms. The van der Waals surface area contributed by atoms with Crippen molar-refractivity contribution in [3.63, 3.8) is 0 Å². The van der Waals surface area contributed by atoms with Crippen molar-refractivity contribution in [1.82, 2.24) is 14.8 Å². The maximum absolute atomic E-state index is 12.4. The number of aromatic nitrogens is 3. The number of nitrogens with one attached hydrogen (secondary N) is 1. The molecule has 9 heteroatoms. The Bertz CT molecular complexity index is 780. The summed E-state index contributed by atoms with van der Waals surface area (Å²) in [7, 11) is 1.31. The molecule has 0 aliphatic heterocycles. The summed E-state index contributed by atoms with van der Waals surface area (Å²) in [4.78, 5) is 23.7. The molecule has 0 radical (unpaired) electrons. The van der Waals surface area contributed by atoms with E-state index in [1.165, 1.54) is 11.7 Å².